The highest BCUT2D eigenvalue weighted by molar-refractivity contribution is 8.00. The number of hydrogen-bond acceptors (Lipinski definition) is 4. The lowest BCUT2D eigenvalue weighted by molar-refractivity contribution is -0.115. The quantitative estimate of drug-likeness (QED) is 0.325. The summed E-state index contributed by atoms with van der Waals surface area (Å²) in [6, 6.07) is 20.4. The minimum absolute atomic E-state index is 0.470. The summed E-state index contributed by atoms with van der Waals surface area (Å²) in [6.07, 6.45) is 0. The molecular formula is C24H19ClF2N4OS. The lowest BCUT2D eigenvalue weighted by Crippen LogP contribution is -2.24. The average Bonchev–Trinajstić information content (AvgIpc) is 3.19. The van der Waals surface area contributed by atoms with E-state index in [2.05, 4.69) is 15.5 Å². The van der Waals surface area contributed by atoms with E-state index in [-0.39, 0.29) is 0 Å². The lowest BCUT2D eigenvalue weighted by atomic mass is 10.2. The van der Waals surface area contributed by atoms with Crippen molar-refractivity contribution in [3.8, 4) is 11.4 Å². The van der Waals surface area contributed by atoms with Crippen molar-refractivity contribution in [3.05, 3.63) is 95.0 Å². The number of halogens is 3. The molecule has 1 unspecified atom stereocenters. The summed E-state index contributed by atoms with van der Waals surface area (Å²) in [6.45, 7) is 2.12. The number of carbonyl (C=O) groups is 1. The summed E-state index contributed by atoms with van der Waals surface area (Å²) < 4.78 is 29.8. The van der Waals surface area contributed by atoms with Gasteiger partial charge in [-0.1, -0.05) is 59.8 Å². The number of thioether (sulfide) groups is 1. The van der Waals surface area contributed by atoms with Crippen molar-refractivity contribution in [1.82, 2.24) is 14.8 Å². The highest BCUT2D eigenvalue weighted by atomic mass is 35.5. The number of nitrogens with one attached hydrogen (secondary N) is 1. The molecule has 4 rings (SSSR count). The molecule has 0 saturated carbocycles. The van der Waals surface area contributed by atoms with Gasteiger partial charge in [-0.2, -0.15) is 0 Å². The van der Waals surface area contributed by atoms with E-state index < -0.39 is 28.5 Å². The molecule has 0 bridgehead atoms. The molecule has 5 nitrogen and oxygen atoms in total. The lowest BCUT2D eigenvalue weighted by Gasteiger charge is -2.14. The minimum atomic E-state index is -0.835. The van der Waals surface area contributed by atoms with Gasteiger partial charge in [0.15, 0.2) is 11.0 Å². The Kier molecular flexibility index (Phi) is 7.05. The molecule has 0 aliphatic carbocycles. The zero-order chi connectivity index (χ0) is 23.4. The normalized spacial score (nSPS) is 11.9. The van der Waals surface area contributed by atoms with Gasteiger partial charge in [0.05, 0.1) is 11.8 Å². The first kappa shape index (κ1) is 22.9. The van der Waals surface area contributed by atoms with Crippen molar-refractivity contribution in [3.63, 3.8) is 0 Å². The van der Waals surface area contributed by atoms with Crippen LogP contribution < -0.4 is 5.32 Å². The minimum Gasteiger partial charge on any atom is -0.320 e. The number of rotatable bonds is 7. The Balaban J connectivity index is 1.61. The highest BCUT2D eigenvalue weighted by Gasteiger charge is 2.23. The number of carbonyl (C=O) groups excluding carboxylic acids is 1. The van der Waals surface area contributed by atoms with Gasteiger partial charge < -0.3 is 5.32 Å². The maximum absolute atomic E-state index is 13.9. The molecule has 3 aromatic carbocycles. The molecule has 1 atom stereocenters. The maximum atomic E-state index is 13.9. The van der Waals surface area contributed by atoms with E-state index >= 15 is 0 Å². The fraction of sp³-hybridized carbons (Fsp3) is 0.125. The van der Waals surface area contributed by atoms with Crippen molar-refractivity contribution in [1.29, 1.82) is 0 Å². The van der Waals surface area contributed by atoms with Crippen LogP contribution in [0.4, 0.5) is 14.5 Å². The van der Waals surface area contributed by atoms with Gasteiger partial charge in [-0.15, -0.1) is 10.2 Å². The van der Waals surface area contributed by atoms with Crippen molar-refractivity contribution >= 4 is 35.0 Å². The van der Waals surface area contributed by atoms with Crippen LogP contribution >= 0.6 is 23.4 Å². The Morgan fingerprint density at radius 3 is 2.33 bits per heavy atom. The molecule has 168 valence electrons. The Labute approximate surface area is 198 Å². The van der Waals surface area contributed by atoms with Gasteiger partial charge in [-0.25, -0.2) is 8.78 Å². The van der Waals surface area contributed by atoms with Crippen molar-refractivity contribution in [2.45, 2.75) is 23.9 Å². The number of benzene rings is 3. The molecule has 9 heteroatoms. The van der Waals surface area contributed by atoms with Crippen LogP contribution in [0, 0.1) is 11.6 Å². The van der Waals surface area contributed by atoms with Crippen LogP contribution in [0.25, 0.3) is 11.4 Å². The molecule has 0 radical (unpaired) electrons. The molecule has 0 spiro atoms. The number of amides is 1. The Morgan fingerprint density at radius 1 is 1.00 bits per heavy atom. The molecule has 1 N–H and O–H groups in total. The average molecular weight is 485 g/mol. The summed E-state index contributed by atoms with van der Waals surface area (Å²) in [7, 11) is 0. The van der Waals surface area contributed by atoms with Crippen LogP contribution in [0.3, 0.4) is 0 Å². The first-order valence-electron chi connectivity index (χ1n) is 10.1. The predicted molar refractivity (Wildman–Crippen MR) is 126 cm³/mol. The van der Waals surface area contributed by atoms with Crippen LogP contribution in [0.5, 0.6) is 0 Å². The number of nitrogens with zero attached hydrogens (tertiary/aromatic N) is 3. The fourth-order valence-electron chi connectivity index (χ4n) is 3.15. The van der Waals surface area contributed by atoms with E-state index in [1.165, 1.54) is 6.07 Å². The van der Waals surface area contributed by atoms with Crippen LogP contribution in [-0.4, -0.2) is 25.9 Å². The Hall–Kier alpha value is -3.23. The number of hydrogen-bond donors (Lipinski definition) is 1. The smallest absolute Gasteiger partial charge is 0.237 e. The summed E-state index contributed by atoms with van der Waals surface area (Å²) in [4.78, 5) is 12.7. The van der Waals surface area contributed by atoms with Crippen molar-refractivity contribution in [2.24, 2.45) is 0 Å². The standard InChI is InChI=1S/C24H19ClF2N4OS/c1-15(23(32)28-21-19(26)8-5-9-20(21)27)33-24-30-29-22(17-10-12-18(25)13-11-17)31(24)14-16-6-3-2-4-7-16/h2-13,15H,14H2,1H3,(H,28,32). The monoisotopic (exact) mass is 484 g/mol. The van der Waals surface area contributed by atoms with Gasteiger partial charge in [0.25, 0.3) is 0 Å². The number of para-hydroxylation sites is 1. The van der Waals surface area contributed by atoms with Gasteiger partial charge >= 0.3 is 0 Å². The van der Waals surface area contributed by atoms with Gasteiger partial charge in [-0.05, 0) is 48.9 Å². The number of anilines is 1. The summed E-state index contributed by atoms with van der Waals surface area (Å²) in [5, 5.41) is 11.4. The highest BCUT2D eigenvalue weighted by Crippen LogP contribution is 2.29. The SMILES string of the molecule is CC(Sc1nnc(-c2ccc(Cl)cc2)n1Cc1ccccc1)C(=O)Nc1c(F)cccc1F. The topological polar surface area (TPSA) is 59.8 Å². The molecule has 1 amide bonds. The second-order valence-electron chi connectivity index (χ2n) is 7.23. The summed E-state index contributed by atoms with van der Waals surface area (Å²) in [5.41, 5.74) is 1.38. The third-order valence-corrected chi connectivity index (χ3v) is 6.20. The van der Waals surface area contributed by atoms with Gasteiger partial charge in [0, 0.05) is 10.6 Å². The molecule has 0 saturated heterocycles. The van der Waals surface area contributed by atoms with E-state index in [0.717, 1.165) is 35.0 Å². The number of aromatic nitrogens is 3. The van der Waals surface area contributed by atoms with Crippen molar-refractivity contribution < 1.29 is 13.6 Å². The first-order chi connectivity index (χ1) is 15.9. The second kappa shape index (κ2) is 10.1. The zero-order valence-electron chi connectivity index (χ0n) is 17.5. The van der Waals surface area contributed by atoms with Gasteiger partial charge in [0.1, 0.15) is 17.3 Å². The fourth-order valence-corrected chi connectivity index (χ4v) is 4.13. The van der Waals surface area contributed by atoms with Crippen LogP contribution in [0.2, 0.25) is 5.02 Å². The van der Waals surface area contributed by atoms with E-state index in [1.54, 1.807) is 19.1 Å². The molecule has 4 aromatic rings. The molecule has 1 heterocycles. The third-order valence-electron chi connectivity index (χ3n) is 4.87. The summed E-state index contributed by atoms with van der Waals surface area (Å²) in [5.74, 6) is -1.60. The van der Waals surface area contributed by atoms with E-state index in [9.17, 15) is 13.6 Å². The Morgan fingerprint density at radius 2 is 1.67 bits per heavy atom. The second-order valence-corrected chi connectivity index (χ2v) is 8.98. The molecule has 33 heavy (non-hydrogen) atoms. The van der Waals surface area contributed by atoms with Crippen LogP contribution in [0.15, 0.2) is 78.0 Å². The van der Waals surface area contributed by atoms with E-state index in [1.807, 2.05) is 47.0 Å². The van der Waals surface area contributed by atoms with E-state index in [4.69, 9.17) is 11.6 Å². The molecular weight excluding hydrogens is 466 g/mol. The largest absolute Gasteiger partial charge is 0.320 e. The zero-order valence-corrected chi connectivity index (χ0v) is 19.1. The van der Waals surface area contributed by atoms with Crippen molar-refractivity contribution in [2.75, 3.05) is 5.32 Å². The first-order valence-corrected chi connectivity index (χ1v) is 11.3. The van der Waals surface area contributed by atoms with Gasteiger partial charge in [0.2, 0.25) is 5.91 Å². The third kappa shape index (κ3) is 5.40. The van der Waals surface area contributed by atoms with Gasteiger partial charge in [-0.3, -0.25) is 9.36 Å². The van der Waals surface area contributed by atoms with Crippen LogP contribution in [-0.2, 0) is 11.3 Å². The van der Waals surface area contributed by atoms with E-state index in [0.29, 0.717) is 22.5 Å². The molecule has 0 aliphatic rings. The molecule has 0 fully saturated rings. The molecule has 0 aliphatic heterocycles. The maximum Gasteiger partial charge on any atom is 0.237 e. The molecule has 1 aromatic heterocycles. The van der Waals surface area contributed by atoms with Crippen LogP contribution in [0.1, 0.15) is 12.5 Å². The summed E-state index contributed by atoms with van der Waals surface area (Å²) >= 11 is 7.18. The predicted octanol–water partition coefficient (Wildman–Crippen LogP) is 6.04. The Bertz CT molecular complexity index is 1250.